The molecule has 0 radical (unpaired) electrons. The Morgan fingerprint density at radius 1 is 1.38 bits per heavy atom. The number of aromatic nitrogens is 4. The van der Waals surface area contributed by atoms with Crippen LogP contribution in [0.5, 0.6) is 0 Å². The van der Waals surface area contributed by atoms with Crippen LogP contribution < -0.4 is 11.1 Å². The van der Waals surface area contributed by atoms with Crippen molar-refractivity contribution >= 4 is 11.7 Å². The highest BCUT2D eigenvalue weighted by molar-refractivity contribution is 5.97. The Morgan fingerprint density at radius 2 is 2.14 bits per heavy atom. The number of hydrogen-bond donors (Lipinski definition) is 2. The third-order valence-corrected chi connectivity index (χ3v) is 2.56. The van der Waals surface area contributed by atoms with E-state index in [2.05, 4.69) is 20.6 Å². The van der Waals surface area contributed by atoms with Crippen LogP contribution >= 0.6 is 0 Å². The van der Waals surface area contributed by atoms with Gasteiger partial charge in [-0.15, -0.1) is 5.10 Å². The first kappa shape index (κ1) is 14.8. The van der Waals surface area contributed by atoms with Crippen molar-refractivity contribution in [2.45, 2.75) is 12.7 Å². The van der Waals surface area contributed by atoms with Crippen LogP contribution in [0.25, 0.3) is 0 Å². The summed E-state index contributed by atoms with van der Waals surface area (Å²) < 4.78 is 39.3. The second-order valence-corrected chi connectivity index (χ2v) is 4.05. The molecule has 0 spiro atoms. The monoisotopic (exact) mass is 300 g/mol. The van der Waals surface area contributed by atoms with E-state index in [9.17, 15) is 18.0 Å². The predicted octanol–water partition coefficient (Wildman–Crippen LogP) is 0.903. The maximum atomic E-state index is 12.6. The fourth-order valence-electron chi connectivity index (χ4n) is 1.59. The molecule has 0 aliphatic carbocycles. The largest absolute Gasteiger partial charge is 0.433 e. The molecule has 0 unspecified atom stereocenters. The van der Waals surface area contributed by atoms with Gasteiger partial charge < -0.3 is 11.1 Å². The summed E-state index contributed by atoms with van der Waals surface area (Å²) in [4.78, 5) is 14.6. The van der Waals surface area contributed by atoms with Crippen LogP contribution in [0.2, 0.25) is 0 Å². The lowest BCUT2D eigenvalue weighted by Gasteiger charge is -2.12. The lowest BCUT2D eigenvalue weighted by Crippen LogP contribution is -2.20. The highest BCUT2D eigenvalue weighted by Crippen LogP contribution is 2.29. The first-order valence-corrected chi connectivity index (χ1v) is 5.84. The van der Waals surface area contributed by atoms with Gasteiger partial charge >= 0.3 is 6.18 Å². The summed E-state index contributed by atoms with van der Waals surface area (Å²) in [7, 11) is 0. The SMILES string of the molecule is NC(=O)c1ccc(C(F)(F)F)nc1NCCn1ccnn1. The van der Waals surface area contributed by atoms with Crippen molar-refractivity contribution in [1.29, 1.82) is 0 Å². The molecule has 2 aromatic heterocycles. The average molecular weight is 300 g/mol. The molecule has 0 aliphatic rings. The molecule has 0 aromatic carbocycles. The minimum absolute atomic E-state index is 0.110. The second-order valence-electron chi connectivity index (χ2n) is 4.05. The summed E-state index contributed by atoms with van der Waals surface area (Å²) in [6, 6.07) is 1.71. The fraction of sp³-hybridized carbons (Fsp3) is 0.273. The fourth-order valence-corrected chi connectivity index (χ4v) is 1.59. The van der Waals surface area contributed by atoms with Gasteiger partial charge in [0.1, 0.15) is 11.5 Å². The molecule has 112 valence electrons. The van der Waals surface area contributed by atoms with E-state index in [1.54, 1.807) is 6.20 Å². The van der Waals surface area contributed by atoms with Crippen LogP contribution in [-0.4, -0.2) is 32.4 Å². The van der Waals surface area contributed by atoms with Gasteiger partial charge in [0.15, 0.2) is 0 Å². The standard InChI is InChI=1S/C11H11F3N6O/c12-11(13,14)8-2-1-7(9(15)21)10(18-8)16-3-5-20-6-4-17-19-20/h1-2,4,6H,3,5H2,(H2,15,21)(H,16,18). The van der Waals surface area contributed by atoms with Crippen LogP contribution in [0.4, 0.5) is 19.0 Å². The number of alkyl halides is 3. The van der Waals surface area contributed by atoms with Crippen molar-refractivity contribution in [3.05, 3.63) is 35.8 Å². The molecule has 0 aliphatic heterocycles. The van der Waals surface area contributed by atoms with Crippen molar-refractivity contribution in [3.8, 4) is 0 Å². The summed E-state index contributed by atoms with van der Waals surface area (Å²) >= 11 is 0. The van der Waals surface area contributed by atoms with E-state index in [0.717, 1.165) is 6.07 Å². The van der Waals surface area contributed by atoms with E-state index in [0.29, 0.717) is 12.6 Å². The van der Waals surface area contributed by atoms with E-state index in [1.165, 1.54) is 10.9 Å². The Balaban J connectivity index is 2.16. The molecule has 0 fully saturated rings. The second kappa shape index (κ2) is 5.77. The number of nitrogens with two attached hydrogens (primary N) is 1. The third-order valence-electron chi connectivity index (χ3n) is 2.56. The van der Waals surface area contributed by atoms with Crippen LogP contribution in [0.3, 0.4) is 0 Å². The summed E-state index contributed by atoms with van der Waals surface area (Å²) in [5.41, 5.74) is 3.90. The smallest absolute Gasteiger partial charge is 0.368 e. The van der Waals surface area contributed by atoms with Crippen LogP contribution in [-0.2, 0) is 12.7 Å². The number of nitrogens with zero attached hydrogens (tertiary/aromatic N) is 4. The third kappa shape index (κ3) is 3.68. The summed E-state index contributed by atoms with van der Waals surface area (Å²) in [6.07, 6.45) is -1.54. The molecule has 2 rings (SSSR count). The number of pyridine rings is 1. The van der Waals surface area contributed by atoms with Crippen LogP contribution in [0, 0.1) is 0 Å². The molecule has 2 heterocycles. The molecular weight excluding hydrogens is 289 g/mol. The van der Waals surface area contributed by atoms with Gasteiger partial charge in [0.05, 0.1) is 18.3 Å². The molecular formula is C11H11F3N6O. The molecule has 21 heavy (non-hydrogen) atoms. The number of carbonyl (C=O) groups is 1. The topological polar surface area (TPSA) is 98.7 Å². The Kier molecular flexibility index (Phi) is 4.05. The van der Waals surface area contributed by atoms with E-state index >= 15 is 0 Å². The van der Waals surface area contributed by atoms with Crippen molar-refractivity contribution in [2.24, 2.45) is 5.73 Å². The molecule has 1 amide bonds. The molecule has 0 atom stereocenters. The lowest BCUT2D eigenvalue weighted by molar-refractivity contribution is -0.141. The van der Waals surface area contributed by atoms with Gasteiger partial charge in [-0.1, -0.05) is 5.21 Å². The molecule has 7 nitrogen and oxygen atoms in total. The first-order chi connectivity index (χ1) is 9.88. The number of amides is 1. The normalized spacial score (nSPS) is 11.4. The number of hydrogen-bond acceptors (Lipinski definition) is 5. The molecule has 0 saturated heterocycles. The Hall–Kier alpha value is -2.65. The highest BCUT2D eigenvalue weighted by atomic mass is 19.4. The summed E-state index contributed by atoms with van der Waals surface area (Å²) in [6.45, 7) is 0.550. The Labute approximate surface area is 117 Å². The number of halogens is 3. The van der Waals surface area contributed by atoms with Gasteiger partial charge in [-0.25, -0.2) is 4.98 Å². The Bertz CT molecular complexity index is 625. The zero-order valence-electron chi connectivity index (χ0n) is 10.6. The molecule has 0 bridgehead atoms. The number of nitrogens with one attached hydrogen (secondary N) is 1. The van der Waals surface area contributed by atoms with E-state index < -0.39 is 17.8 Å². The average Bonchev–Trinajstić information content (AvgIpc) is 2.90. The van der Waals surface area contributed by atoms with Gasteiger partial charge in [-0.05, 0) is 12.1 Å². The van der Waals surface area contributed by atoms with Crippen molar-refractivity contribution in [3.63, 3.8) is 0 Å². The number of carbonyl (C=O) groups excluding carboxylic acids is 1. The zero-order chi connectivity index (χ0) is 15.5. The maximum Gasteiger partial charge on any atom is 0.433 e. The van der Waals surface area contributed by atoms with Gasteiger partial charge in [-0.2, -0.15) is 13.2 Å². The van der Waals surface area contributed by atoms with Gasteiger partial charge in [0.25, 0.3) is 5.91 Å². The minimum atomic E-state index is -4.60. The minimum Gasteiger partial charge on any atom is -0.368 e. The lowest BCUT2D eigenvalue weighted by atomic mass is 10.2. The maximum absolute atomic E-state index is 12.6. The zero-order valence-corrected chi connectivity index (χ0v) is 10.6. The first-order valence-electron chi connectivity index (χ1n) is 5.84. The number of primary amides is 1. The van der Waals surface area contributed by atoms with Crippen LogP contribution in [0.15, 0.2) is 24.5 Å². The van der Waals surface area contributed by atoms with Gasteiger partial charge in [0.2, 0.25) is 0 Å². The highest BCUT2D eigenvalue weighted by Gasteiger charge is 2.33. The predicted molar refractivity (Wildman–Crippen MR) is 66.3 cm³/mol. The molecule has 3 N–H and O–H groups in total. The summed E-state index contributed by atoms with van der Waals surface area (Å²) in [5.74, 6) is -1.07. The molecule has 10 heteroatoms. The van der Waals surface area contributed by atoms with E-state index in [1.807, 2.05) is 0 Å². The van der Waals surface area contributed by atoms with Gasteiger partial charge in [-0.3, -0.25) is 9.48 Å². The van der Waals surface area contributed by atoms with Gasteiger partial charge in [0, 0.05) is 12.7 Å². The Morgan fingerprint density at radius 3 is 2.71 bits per heavy atom. The molecule has 2 aromatic rings. The summed E-state index contributed by atoms with van der Waals surface area (Å²) in [5, 5.41) is 9.93. The van der Waals surface area contributed by atoms with E-state index in [-0.39, 0.29) is 17.9 Å². The van der Waals surface area contributed by atoms with Crippen molar-refractivity contribution in [2.75, 3.05) is 11.9 Å². The van der Waals surface area contributed by atoms with Crippen molar-refractivity contribution in [1.82, 2.24) is 20.0 Å². The number of rotatable bonds is 5. The number of anilines is 1. The van der Waals surface area contributed by atoms with Crippen LogP contribution in [0.1, 0.15) is 16.1 Å². The van der Waals surface area contributed by atoms with Crippen molar-refractivity contribution < 1.29 is 18.0 Å². The molecule has 0 saturated carbocycles. The quantitative estimate of drug-likeness (QED) is 0.855. The van der Waals surface area contributed by atoms with E-state index in [4.69, 9.17) is 5.73 Å².